The van der Waals surface area contributed by atoms with Gasteiger partial charge < -0.3 is 10.2 Å². The molecule has 0 spiro atoms. The number of carboxylic acids is 2. The summed E-state index contributed by atoms with van der Waals surface area (Å²) in [7, 11) is 0. The molecule has 12 heavy (non-hydrogen) atoms. The Balaban J connectivity index is 2.99. The average Bonchev–Trinajstić information content (AvgIpc) is 2.04. The second-order valence-electron chi connectivity index (χ2n) is 2.60. The lowest BCUT2D eigenvalue weighted by Gasteiger charge is -2.13. The van der Waals surface area contributed by atoms with E-state index in [9.17, 15) is 9.59 Å². The van der Waals surface area contributed by atoms with Gasteiger partial charge >= 0.3 is 11.9 Å². The summed E-state index contributed by atoms with van der Waals surface area (Å²) in [6.45, 7) is 0. The zero-order chi connectivity index (χ0) is 9.14. The van der Waals surface area contributed by atoms with Crippen molar-refractivity contribution in [1.29, 1.82) is 0 Å². The summed E-state index contributed by atoms with van der Waals surface area (Å²) in [4.78, 5) is 21.1. The van der Waals surface area contributed by atoms with Crippen molar-refractivity contribution in [1.82, 2.24) is 0 Å². The highest BCUT2D eigenvalue weighted by Gasteiger charge is 2.22. The van der Waals surface area contributed by atoms with Crippen molar-refractivity contribution < 1.29 is 19.8 Å². The second kappa shape index (κ2) is 3.38. The molecular weight excluding hydrogens is 160 g/mol. The smallest absolute Gasteiger partial charge is 0.332 e. The molecule has 4 heteroatoms. The number of hydrogen-bond donors (Lipinski definition) is 2. The predicted molar refractivity (Wildman–Crippen MR) is 40.4 cm³/mol. The zero-order valence-electron chi connectivity index (χ0n) is 6.41. The van der Waals surface area contributed by atoms with Gasteiger partial charge in [-0.05, 0) is 25.7 Å². The topological polar surface area (TPSA) is 74.6 Å². The molecular formula is C8H9O4. The van der Waals surface area contributed by atoms with E-state index in [2.05, 4.69) is 0 Å². The standard InChI is InChI=1S/C8H9O4/c9-7(10)5-3-1-2-4-6(5)8(11)12/h1H,2-4H2,(H,9,10)(H,11,12). The monoisotopic (exact) mass is 169 g/mol. The Morgan fingerprint density at radius 1 is 1.17 bits per heavy atom. The highest BCUT2D eigenvalue weighted by atomic mass is 16.4. The molecule has 1 aliphatic rings. The molecule has 0 unspecified atom stereocenters. The van der Waals surface area contributed by atoms with E-state index in [1.165, 1.54) is 0 Å². The Bertz CT molecular complexity index is 226. The minimum absolute atomic E-state index is 0.0220. The normalized spacial score (nSPS) is 17.7. The van der Waals surface area contributed by atoms with Crippen LogP contribution in [0.25, 0.3) is 0 Å². The summed E-state index contributed by atoms with van der Waals surface area (Å²) in [5.41, 5.74) is 0.0683. The van der Waals surface area contributed by atoms with Crippen LogP contribution in [0.1, 0.15) is 19.3 Å². The van der Waals surface area contributed by atoms with Crippen LogP contribution in [0.3, 0.4) is 0 Å². The molecule has 0 aromatic rings. The number of carbonyl (C=O) groups is 2. The van der Waals surface area contributed by atoms with Gasteiger partial charge in [0, 0.05) is 11.1 Å². The molecule has 0 atom stereocenters. The van der Waals surface area contributed by atoms with Gasteiger partial charge in [-0.2, -0.15) is 0 Å². The first kappa shape index (κ1) is 8.77. The van der Waals surface area contributed by atoms with Gasteiger partial charge in [-0.25, -0.2) is 9.59 Å². The molecule has 1 radical (unpaired) electrons. The highest BCUT2D eigenvalue weighted by molar-refractivity contribution is 5.99. The van der Waals surface area contributed by atoms with Gasteiger partial charge in [-0.3, -0.25) is 0 Å². The van der Waals surface area contributed by atoms with E-state index >= 15 is 0 Å². The Kier molecular flexibility index (Phi) is 2.47. The van der Waals surface area contributed by atoms with Crippen LogP contribution in [0.2, 0.25) is 0 Å². The summed E-state index contributed by atoms with van der Waals surface area (Å²) >= 11 is 0. The Morgan fingerprint density at radius 3 is 2.17 bits per heavy atom. The van der Waals surface area contributed by atoms with E-state index < -0.39 is 11.9 Å². The number of aliphatic carboxylic acids is 2. The fourth-order valence-electron chi connectivity index (χ4n) is 1.22. The van der Waals surface area contributed by atoms with Gasteiger partial charge in [-0.1, -0.05) is 0 Å². The molecule has 4 nitrogen and oxygen atoms in total. The fraction of sp³-hybridized carbons (Fsp3) is 0.375. The van der Waals surface area contributed by atoms with Gasteiger partial charge in [0.25, 0.3) is 0 Å². The molecule has 65 valence electrons. The van der Waals surface area contributed by atoms with E-state index in [0.717, 1.165) is 0 Å². The maximum atomic E-state index is 10.5. The summed E-state index contributed by atoms with van der Waals surface area (Å²) in [6, 6.07) is 0. The van der Waals surface area contributed by atoms with Crippen molar-refractivity contribution in [3.05, 3.63) is 17.6 Å². The fourth-order valence-corrected chi connectivity index (χ4v) is 1.22. The van der Waals surface area contributed by atoms with Crippen LogP contribution in [-0.4, -0.2) is 22.2 Å². The molecule has 1 aliphatic carbocycles. The highest BCUT2D eigenvalue weighted by Crippen LogP contribution is 2.24. The molecule has 0 heterocycles. The predicted octanol–water partition coefficient (Wildman–Crippen LogP) is 0.840. The van der Waals surface area contributed by atoms with Gasteiger partial charge in [0.05, 0.1) is 0 Å². The Morgan fingerprint density at radius 2 is 1.75 bits per heavy atom. The van der Waals surface area contributed by atoms with E-state index in [-0.39, 0.29) is 17.6 Å². The van der Waals surface area contributed by atoms with Crippen molar-refractivity contribution >= 4 is 11.9 Å². The largest absolute Gasteiger partial charge is 0.478 e. The Hall–Kier alpha value is -1.32. The van der Waals surface area contributed by atoms with Gasteiger partial charge in [0.2, 0.25) is 0 Å². The zero-order valence-corrected chi connectivity index (χ0v) is 6.41. The maximum Gasteiger partial charge on any atom is 0.332 e. The number of hydrogen-bond acceptors (Lipinski definition) is 2. The van der Waals surface area contributed by atoms with Crippen molar-refractivity contribution in [2.24, 2.45) is 0 Å². The molecule has 0 aromatic carbocycles. The summed E-state index contributed by atoms with van der Waals surface area (Å²) in [6.07, 6.45) is 3.03. The lowest BCUT2D eigenvalue weighted by atomic mass is 9.92. The van der Waals surface area contributed by atoms with Gasteiger partial charge in [0.1, 0.15) is 0 Å². The van der Waals surface area contributed by atoms with Crippen molar-refractivity contribution in [3.63, 3.8) is 0 Å². The summed E-state index contributed by atoms with van der Waals surface area (Å²) in [5, 5.41) is 17.2. The SMILES string of the molecule is O=C(O)C1=C(C(=O)O)CC[CH]C1. The molecule has 0 saturated heterocycles. The first-order valence-electron chi connectivity index (χ1n) is 3.63. The van der Waals surface area contributed by atoms with E-state index in [0.29, 0.717) is 12.8 Å². The lowest BCUT2D eigenvalue weighted by Crippen LogP contribution is -2.15. The second-order valence-corrected chi connectivity index (χ2v) is 2.60. The van der Waals surface area contributed by atoms with E-state index in [1.54, 1.807) is 6.42 Å². The van der Waals surface area contributed by atoms with Crippen LogP contribution in [0.4, 0.5) is 0 Å². The Labute approximate surface area is 69.5 Å². The third kappa shape index (κ3) is 1.64. The molecule has 0 aliphatic heterocycles. The molecule has 0 amide bonds. The van der Waals surface area contributed by atoms with Crippen LogP contribution in [0.5, 0.6) is 0 Å². The van der Waals surface area contributed by atoms with Crippen LogP contribution < -0.4 is 0 Å². The molecule has 2 N–H and O–H groups in total. The van der Waals surface area contributed by atoms with Crippen LogP contribution >= 0.6 is 0 Å². The van der Waals surface area contributed by atoms with Crippen LogP contribution in [0.15, 0.2) is 11.1 Å². The third-order valence-electron chi connectivity index (χ3n) is 1.83. The summed E-state index contributed by atoms with van der Waals surface area (Å²) < 4.78 is 0. The quantitative estimate of drug-likeness (QED) is 0.642. The van der Waals surface area contributed by atoms with E-state index in [4.69, 9.17) is 10.2 Å². The van der Waals surface area contributed by atoms with E-state index in [1.807, 2.05) is 0 Å². The third-order valence-corrected chi connectivity index (χ3v) is 1.83. The van der Waals surface area contributed by atoms with Crippen molar-refractivity contribution in [3.8, 4) is 0 Å². The van der Waals surface area contributed by atoms with Gasteiger partial charge in [-0.15, -0.1) is 0 Å². The summed E-state index contributed by atoms with van der Waals surface area (Å²) in [5.74, 6) is -2.23. The molecule has 0 saturated carbocycles. The molecule has 0 bridgehead atoms. The van der Waals surface area contributed by atoms with Crippen molar-refractivity contribution in [2.75, 3.05) is 0 Å². The minimum atomic E-state index is -1.12. The first-order chi connectivity index (χ1) is 5.63. The van der Waals surface area contributed by atoms with Gasteiger partial charge in [0.15, 0.2) is 0 Å². The molecule has 0 aromatic heterocycles. The number of rotatable bonds is 2. The number of carboxylic acid groups (broad SMARTS) is 2. The maximum absolute atomic E-state index is 10.5. The van der Waals surface area contributed by atoms with Crippen molar-refractivity contribution in [2.45, 2.75) is 19.3 Å². The first-order valence-corrected chi connectivity index (χ1v) is 3.63. The van der Waals surface area contributed by atoms with Crippen LogP contribution in [0, 0.1) is 6.42 Å². The lowest BCUT2D eigenvalue weighted by molar-refractivity contribution is -0.136. The minimum Gasteiger partial charge on any atom is -0.478 e. The average molecular weight is 169 g/mol. The molecule has 0 fully saturated rings. The van der Waals surface area contributed by atoms with Crippen LogP contribution in [-0.2, 0) is 9.59 Å². The molecule has 1 rings (SSSR count).